The van der Waals surface area contributed by atoms with Gasteiger partial charge in [0.15, 0.2) is 0 Å². The van der Waals surface area contributed by atoms with Crippen LogP contribution in [0.2, 0.25) is 0 Å². The summed E-state index contributed by atoms with van der Waals surface area (Å²) in [6.07, 6.45) is 0. The number of quaternary nitrogens is 1. The van der Waals surface area contributed by atoms with E-state index in [1.807, 2.05) is 14.1 Å². The predicted octanol–water partition coefficient (Wildman–Crippen LogP) is -0.222. The van der Waals surface area contributed by atoms with Crippen LogP contribution in [0.25, 0.3) is 0 Å². The summed E-state index contributed by atoms with van der Waals surface area (Å²) >= 11 is 0. The molecule has 18 heavy (non-hydrogen) atoms. The van der Waals surface area contributed by atoms with Gasteiger partial charge in [-0.15, -0.1) is 0 Å². The van der Waals surface area contributed by atoms with Crippen LogP contribution in [-0.2, 0) is 0 Å². The van der Waals surface area contributed by atoms with E-state index in [4.69, 9.17) is 0 Å². The van der Waals surface area contributed by atoms with Crippen LogP contribution in [-0.4, -0.2) is 38.0 Å². The van der Waals surface area contributed by atoms with Gasteiger partial charge >= 0.3 is 0 Å². The van der Waals surface area contributed by atoms with E-state index in [0.29, 0.717) is 17.7 Å². The van der Waals surface area contributed by atoms with Crippen LogP contribution in [0.4, 0.5) is 5.69 Å². The van der Waals surface area contributed by atoms with Crippen LogP contribution in [0.15, 0.2) is 18.2 Å². The Balaban J connectivity index is 2.80. The monoisotopic (exact) mass is 252 g/mol. The fraction of sp³-hybridized carbons (Fsp3) is 0.417. The highest BCUT2D eigenvalue weighted by atomic mass is 16.6. The first-order valence-corrected chi connectivity index (χ1v) is 5.74. The van der Waals surface area contributed by atoms with Crippen molar-refractivity contribution < 1.29 is 14.6 Å². The van der Waals surface area contributed by atoms with Gasteiger partial charge in [0.25, 0.3) is 11.6 Å². The lowest BCUT2D eigenvalue weighted by Gasteiger charge is -2.09. The quantitative estimate of drug-likeness (QED) is 0.562. The van der Waals surface area contributed by atoms with Crippen molar-refractivity contribution in [3.8, 4) is 0 Å². The molecule has 0 aliphatic heterocycles. The van der Waals surface area contributed by atoms with Crippen LogP contribution in [0.1, 0.15) is 15.9 Å². The molecule has 1 aromatic carbocycles. The molecule has 98 valence electrons. The maximum atomic E-state index is 11.9. The summed E-state index contributed by atoms with van der Waals surface area (Å²) in [4.78, 5) is 23.4. The summed E-state index contributed by atoms with van der Waals surface area (Å²) < 4.78 is 0. The highest BCUT2D eigenvalue weighted by Crippen LogP contribution is 2.20. The van der Waals surface area contributed by atoms with Gasteiger partial charge in [0.05, 0.1) is 32.1 Å². The van der Waals surface area contributed by atoms with Crippen molar-refractivity contribution >= 4 is 11.6 Å². The molecule has 2 N–H and O–H groups in total. The molecule has 0 aromatic heterocycles. The number of nitrogens with one attached hydrogen (secondary N) is 2. The first-order chi connectivity index (χ1) is 8.43. The highest BCUT2D eigenvalue weighted by molar-refractivity contribution is 5.96. The summed E-state index contributed by atoms with van der Waals surface area (Å²) in [5, 5.41) is 13.5. The lowest BCUT2D eigenvalue weighted by Crippen LogP contribution is -3.06. The molecule has 0 atom stereocenters. The standard InChI is InChI=1S/C12H17N3O3/c1-9-10(5-4-6-11(9)15(17)18)12(16)13-7-8-14(2)3/h4-6H,7-8H2,1-3H3,(H,13,16)/p+1. The Morgan fingerprint density at radius 1 is 1.44 bits per heavy atom. The van der Waals surface area contributed by atoms with E-state index in [1.54, 1.807) is 13.0 Å². The van der Waals surface area contributed by atoms with E-state index in [2.05, 4.69) is 5.32 Å². The fourth-order valence-electron chi connectivity index (χ4n) is 1.59. The first kappa shape index (κ1) is 14.1. The smallest absolute Gasteiger partial charge is 0.273 e. The van der Waals surface area contributed by atoms with Crippen molar-refractivity contribution in [1.29, 1.82) is 0 Å². The van der Waals surface area contributed by atoms with Gasteiger partial charge in [0.1, 0.15) is 0 Å². The third kappa shape index (κ3) is 3.53. The average molecular weight is 252 g/mol. The molecule has 0 radical (unpaired) electrons. The van der Waals surface area contributed by atoms with Gasteiger partial charge in [-0.2, -0.15) is 0 Å². The third-order valence-electron chi connectivity index (χ3n) is 2.66. The number of carbonyl (C=O) groups is 1. The summed E-state index contributed by atoms with van der Waals surface area (Å²) in [5.74, 6) is -0.266. The normalized spacial score (nSPS) is 10.4. The van der Waals surface area contributed by atoms with Gasteiger partial charge in [0.2, 0.25) is 0 Å². The zero-order chi connectivity index (χ0) is 13.7. The molecule has 0 heterocycles. The molecule has 6 nitrogen and oxygen atoms in total. The Morgan fingerprint density at radius 2 is 2.11 bits per heavy atom. The van der Waals surface area contributed by atoms with Crippen LogP contribution < -0.4 is 10.2 Å². The molecule has 0 aliphatic carbocycles. The molecule has 0 fully saturated rings. The molecule has 1 amide bonds. The SMILES string of the molecule is Cc1c(C(=O)NCC[NH+](C)C)cccc1[N+](=O)[O-]. The largest absolute Gasteiger partial charge is 0.346 e. The average Bonchev–Trinajstić information content (AvgIpc) is 2.28. The van der Waals surface area contributed by atoms with Crippen molar-refractivity contribution in [2.24, 2.45) is 0 Å². The summed E-state index contributed by atoms with van der Waals surface area (Å²) in [7, 11) is 3.98. The molecular formula is C12H18N3O3+. The molecule has 0 saturated carbocycles. The highest BCUT2D eigenvalue weighted by Gasteiger charge is 2.17. The van der Waals surface area contributed by atoms with Crippen LogP contribution >= 0.6 is 0 Å². The van der Waals surface area contributed by atoms with E-state index in [-0.39, 0.29) is 11.6 Å². The number of nitro groups is 1. The Bertz CT molecular complexity index is 458. The Labute approximate surface area is 106 Å². The van der Waals surface area contributed by atoms with Crippen molar-refractivity contribution in [2.75, 3.05) is 27.2 Å². The zero-order valence-corrected chi connectivity index (χ0v) is 10.8. The topological polar surface area (TPSA) is 76.7 Å². The molecule has 0 bridgehead atoms. The maximum Gasteiger partial charge on any atom is 0.273 e. The van der Waals surface area contributed by atoms with E-state index >= 15 is 0 Å². The molecule has 0 aliphatic rings. The second-order valence-electron chi connectivity index (χ2n) is 4.42. The Kier molecular flexibility index (Phi) is 4.79. The Morgan fingerprint density at radius 3 is 2.67 bits per heavy atom. The van der Waals surface area contributed by atoms with E-state index < -0.39 is 4.92 Å². The molecule has 1 aromatic rings. The van der Waals surface area contributed by atoms with Gasteiger partial charge in [-0.3, -0.25) is 14.9 Å². The van der Waals surface area contributed by atoms with Crippen molar-refractivity contribution in [1.82, 2.24) is 5.32 Å². The zero-order valence-electron chi connectivity index (χ0n) is 10.8. The van der Waals surface area contributed by atoms with Crippen molar-refractivity contribution in [2.45, 2.75) is 6.92 Å². The molecule has 6 heteroatoms. The van der Waals surface area contributed by atoms with E-state index in [9.17, 15) is 14.9 Å². The van der Waals surface area contributed by atoms with E-state index in [1.165, 1.54) is 17.0 Å². The number of benzene rings is 1. The molecule has 0 saturated heterocycles. The number of likely N-dealkylation sites (N-methyl/N-ethyl adjacent to an activating group) is 1. The number of nitro benzene ring substituents is 1. The van der Waals surface area contributed by atoms with Crippen molar-refractivity contribution in [3.05, 3.63) is 39.4 Å². The van der Waals surface area contributed by atoms with Gasteiger partial charge in [-0.1, -0.05) is 6.07 Å². The first-order valence-electron chi connectivity index (χ1n) is 5.74. The second kappa shape index (κ2) is 6.11. The minimum atomic E-state index is -0.476. The summed E-state index contributed by atoms with van der Waals surface area (Å²) in [6, 6.07) is 4.52. The molecule has 0 unspecified atom stereocenters. The van der Waals surface area contributed by atoms with Crippen molar-refractivity contribution in [3.63, 3.8) is 0 Å². The van der Waals surface area contributed by atoms with Gasteiger partial charge in [0, 0.05) is 17.2 Å². The maximum absolute atomic E-state index is 11.9. The number of carbonyl (C=O) groups excluding carboxylic acids is 1. The van der Waals surface area contributed by atoms with Crippen LogP contribution in [0.3, 0.4) is 0 Å². The number of nitrogens with zero attached hydrogens (tertiary/aromatic N) is 1. The minimum Gasteiger partial charge on any atom is -0.346 e. The fourth-order valence-corrected chi connectivity index (χ4v) is 1.59. The predicted molar refractivity (Wildman–Crippen MR) is 67.8 cm³/mol. The van der Waals surface area contributed by atoms with Gasteiger partial charge in [-0.25, -0.2) is 0 Å². The second-order valence-corrected chi connectivity index (χ2v) is 4.42. The Hall–Kier alpha value is -1.95. The van der Waals surface area contributed by atoms with Gasteiger partial charge in [-0.05, 0) is 13.0 Å². The number of hydrogen-bond donors (Lipinski definition) is 2. The number of amides is 1. The summed E-state index contributed by atoms with van der Waals surface area (Å²) in [6.45, 7) is 2.94. The van der Waals surface area contributed by atoms with E-state index in [0.717, 1.165) is 6.54 Å². The third-order valence-corrected chi connectivity index (χ3v) is 2.66. The lowest BCUT2D eigenvalue weighted by molar-refractivity contribution is -0.856. The number of hydrogen-bond acceptors (Lipinski definition) is 3. The molecular weight excluding hydrogens is 234 g/mol. The minimum absolute atomic E-state index is 0.0270. The van der Waals surface area contributed by atoms with Crippen LogP contribution in [0, 0.1) is 17.0 Å². The van der Waals surface area contributed by atoms with Gasteiger partial charge < -0.3 is 10.2 Å². The lowest BCUT2D eigenvalue weighted by atomic mass is 10.1. The number of rotatable bonds is 5. The molecule has 0 spiro atoms. The summed E-state index contributed by atoms with van der Waals surface area (Å²) in [5.41, 5.74) is 0.732. The molecule has 1 rings (SSSR count). The van der Waals surface area contributed by atoms with Crippen LogP contribution in [0.5, 0.6) is 0 Å².